The van der Waals surface area contributed by atoms with E-state index in [0.29, 0.717) is 16.2 Å². The number of guanidine groups is 1. The highest BCUT2D eigenvalue weighted by Gasteiger charge is 2.30. The molecular formula is C18H14F3N5S2. The highest BCUT2D eigenvalue weighted by Crippen LogP contribution is 2.31. The normalized spacial score (nSPS) is 12.0. The second-order valence-electron chi connectivity index (χ2n) is 5.66. The molecule has 0 radical (unpaired) electrons. The zero-order chi connectivity index (χ0) is 20.3. The number of alkyl halides is 3. The zero-order valence-corrected chi connectivity index (χ0v) is 16.2. The van der Waals surface area contributed by atoms with Crippen molar-refractivity contribution in [2.24, 2.45) is 4.99 Å². The minimum atomic E-state index is -4.41. The van der Waals surface area contributed by atoms with Crippen LogP contribution in [0.5, 0.6) is 0 Å². The number of aromatic nitrogens is 1. The number of fused-ring (bicyclic) bond motifs is 1. The largest absolute Gasteiger partial charge is 0.416 e. The number of halogens is 3. The molecule has 0 amide bonds. The van der Waals surface area contributed by atoms with Crippen LogP contribution in [0.2, 0.25) is 0 Å². The molecule has 0 saturated heterocycles. The van der Waals surface area contributed by atoms with Gasteiger partial charge in [-0.15, -0.1) is 11.3 Å². The first-order valence-corrected chi connectivity index (χ1v) is 9.35. The summed E-state index contributed by atoms with van der Waals surface area (Å²) < 4.78 is 39.8. The van der Waals surface area contributed by atoms with Gasteiger partial charge in [0, 0.05) is 12.2 Å². The lowest BCUT2D eigenvalue weighted by molar-refractivity contribution is -0.137. The van der Waals surface area contributed by atoms with Crippen LogP contribution in [0.4, 0.5) is 24.5 Å². The number of hydrogen-bond donors (Lipinski definition) is 2. The van der Waals surface area contributed by atoms with Crippen molar-refractivity contribution in [1.29, 1.82) is 5.26 Å². The Kier molecular flexibility index (Phi) is 5.67. The fourth-order valence-electron chi connectivity index (χ4n) is 2.61. The highest BCUT2D eigenvalue weighted by molar-refractivity contribution is 7.73. The summed E-state index contributed by atoms with van der Waals surface area (Å²) in [5.41, 5.74) is 1.22. The number of benzene rings is 2. The molecule has 0 atom stereocenters. The molecule has 0 aliphatic carbocycles. The molecule has 10 heteroatoms. The Morgan fingerprint density at radius 2 is 2.00 bits per heavy atom. The van der Waals surface area contributed by atoms with E-state index in [2.05, 4.69) is 15.3 Å². The van der Waals surface area contributed by atoms with Gasteiger partial charge in [0.2, 0.25) is 5.96 Å². The Morgan fingerprint density at radius 3 is 2.61 bits per heavy atom. The molecular weight excluding hydrogens is 407 g/mol. The average Bonchev–Trinajstić information content (AvgIpc) is 3.01. The Hall–Kier alpha value is -2.90. The average molecular weight is 421 g/mol. The molecule has 5 nitrogen and oxygen atoms in total. The second-order valence-corrected chi connectivity index (χ2v) is 7.37. The van der Waals surface area contributed by atoms with E-state index in [0.717, 1.165) is 28.0 Å². The summed E-state index contributed by atoms with van der Waals surface area (Å²) in [6.07, 6.45) is -2.59. The van der Waals surface area contributed by atoms with E-state index in [1.54, 1.807) is 4.90 Å². The van der Waals surface area contributed by atoms with Gasteiger partial charge in [-0.25, -0.2) is 4.99 Å². The standard InChI is InChI=1S/C18H14F3N5S2/c1-2-26(13-7-8-14-15(9-13)28-17(27)25-14)16(23-10-22)24-12-5-3-11(4-6-12)18(19,20)21/h3-9H,2H2,1H3,(H,23,24)(H,25,27). The van der Waals surface area contributed by atoms with E-state index in [-0.39, 0.29) is 5.96 Å². The van der Waals surface area contributed by atoms with Crippen LogP contribution in [-0.2, 0) is 6.18 Å². The monoisotopic (exact) mass is 421 g/mol. The number of aliphatic imine (C=N–C) groups is 1. The van der Waals surface area contributed by atoms with Crippen LogP contribution in [0, 0.1) is 15.4 Å². The van der Waals surface area contributed by atoms with Crippen molar-refractivity contribution in [3.63, 3.8) is 0 Å². The summed E-state index contributed by atoms with van der Waals surface area (Å²) in [6, 6.07) is 10.1. The van der Waals surface area contributed by atoms with E-state index >= 15 is 0 Å². The minimum absolute atomic E-state index is 0.211. The minimum Gasteiger partial charge on any atom is -0.337 e. The number of H-pyrrole nitrogens is 1. The maximum Gasteiger partial charge on any atom is 0.416 e. The van der Waals surface area contributed by atoms with Crippen LogP contribution in [0.15, 0.2) is 47.5 Å². The fourth-order valence-corrected chi connectivity index (χ4v) is 3.76. The molecule has 144 valence electrons. The van der Waals surface area contributed by atoms with Gasteiger partial charge in [-0.2, -0.15) is 18.4 Å². The fraction of sp³-hybridized carbons (Fsp3) is 0.167. The Bertz CT molecular complexity index is 1110. The van der Waals surface area contributed by atoms with E-state index in [9.17, 15) is 13.2 Å². The molecule has 0 aliphatic heterocycles. The van der Waals surface area contributed by atoms with E-state index < -0.39 is 11.7 Å². The number of rotatable bonds is 3. The molecule has 3 aromatic rings. The van der Waals surface area contributed by atoms with Crippen molar-refractivity contribution < 1.29 is 13.2 Å². The third kappa shape index (κ3) is 4.32. The van der Waals surface area contributed by atoms with Gasteiger partial charge in [-0.3, -0.25) is 5.32 Å². The first-order chi connectivity index (χ1) is 13.3. The van der Waals surface area contributed by atoms with Crippen LogP contribution < -0.4 is 10.2 Å². The molecule has 3 rings (SSSR count). The molecule has 2 N–H and O–H groups in total. The van der Waals surface area contributed by atoms with Gasteiger partial charge in [0.1, 0.15) is 0 Å². The van der Waals surface area contributed by atoms with Crippen LogP contribution in [0.3, 0.4) is 0 Å². The lowest BCUT2D eigenvalue weighted by atomic mass is 10.2. The molecule has 2 aromatic carbocycles. The molecule has 0 spiro atoms. The van der Waals surface area contributed by atoms with Gasteiger partial charge in [-0.05, 0) is 61.6 Å². The van der Waals surface area contributed by atoms with Gasteiger partial charge >= 0.3 is 6.18 Å². The number of nitrogens with zero attached hydrogens (tertiary/aromatic N) is 3. The lowest BCUT2D eigenvalue weighted by Gasteiger charge is -2.23. The van der Waals surface area contributed by atoms with Gasteiger partial charge in [0.25, 0.3) is 0 Å². The van der Waals surface area contributed by atoms with Crippen molar-refractivity contribution in [1.82, 2.24) is 10.3 Å². The predicted molar refractivity (Wildman–Crippen MR) is 107 cm³/mol. The number of hydrogen-bond acceptors (Lipinski definition) is 4. The number of aromatic amines is 1. The second kappa shape index (κ2) is 8.00. The van der Waals surface area contributed by atoms with Crippen molar-refractivity contribution in [3.8, 4) is 6.19 Å². The van der Waals surface area contributed by atoms with Crippen molar-refractivity contribution >= 4 is 51.1 Å². The van der Waals surface area contributed by atoms with E-state index in [1.165, 1.54) is 23.5 Å². The van der Waals surface area contributed by atoms with Crippen LogP contribution >= 0.6 is 23.6 Å². The first kappa shape index (κ1) is 19.9. The lowest BCUT2D eigenvalue weighted by Crippen LogP contribution is -2.39. The molecule has 1 heterocycles. The summed E-state index contributed by atoms with van der Waals surface area (Å²) >= 11 is 6.58. The number of thiazole rings is 1. The maximum absolute atomic E-state index is 12.7. The van der Waals surface area contributed by atoms with E-state index in [4.69, 9.17) is 17.5 Å². The summed E-state index contributed by atoms with van der Waals surface area (Å²) in [5, 5.41) is 11.6. The number of nitrogens with one attached hydrogen (secondary N) is 2. The van der Waals surface area contributed by atoms with Crippen LogP contribution in [0.1, 0.15) is 12.5 Å². The third-order valence-electron chi connectivity index (χ3n) is 3.89. The highest BCUT2D eigenvalue weighted by atomic mass is 32.1. The van der Waals surface area contributed by atoms with Gasteiger partial charge in [0.05, 0.1) is 21.5 Å². The zero-order valence-electron chi connectivity index (χ0n) is 14.5. The Balaban J connectivity index is 1.99. The topological polar surface area (TPSA) is 67.2 Å². The maximum atomic E-state index is 12.7. The van der Waals surface area contributed by atoms with Crippen molar-refractivity contribution in [3.05, 3.63) is 52.0 Å². The molecule has 0 bridgehead atoms. The smallest absolute Gasteiger partial charge is 0.337 e. The summed E-state index contributed by atoms with van der Waals surface area (Å²) in [4.78, 5) is 9.15. The summed E-state index contributed by atoms with van der Waals surface area (Å²) in [6.45, 7) is 2.36. The summed E-state index contributed by atoms with van der Waals surface area (Å²) in [5.74, 6) is 0.211. The van der Waals surface area contributed by atoms with Gasteiger partial charge in [-0.1, -0.05) is 0 Å². The molecule has 0 unspecified atom stereocenters. The predicted octanol–water partition coefficient (Wildman–Crippen LogP) is 5.56. The molecule has 0 saturated carbocycles. The quantitative estimate of drug-likeness (QED) is 0.191. The first-order valence-electron chi connectivity index (χ1n) is 8.13. The molecule has 1 aromatic heterocycles. The van der Waals surface area contributed by atoms with Crippen molar-refractivity contribution in [2.75, 3.05) is 11.4 Å². The number of nitriles is 1. The van der Waals surface area contributed by atoms with Gasteiger partial charge in [0.15, 0.2) is 10.1 Å². The Morgan fingerprint density at radius 1 is 1.29 bits per heavy atom. The molecule has 0 fully saturated rings. The van der Waals surface area contributed by atoms with Crippen LogP contribution in [-0.4, -0.2) is 17.5 Å². The Labute approximate surface area is 167 Å². The van der Waals surface area contributed by atoms with Crippen molar-refractivity contribution in [2.45, 2.75) is 13.1 Å². The third-order valence-corrected chi connectivity index (χ3v) is 5.08. The summed E-state index contributed by atoms with van der Waals surface area (Å²) in [7, 11) is 0. The molecule has 28 heavy (non-hydrogen) atoms. The van der Waals surface area contributed by atoms with Gasteiger partial charge < -0.3 is 9.88 Å². The number of anilines is 1. The molecule has 0 aliphatic rings. The SMILES string of the molecule is CCN(C(=Nc1ccc(C(F)(F)F)cc1)NC#N)c1ccc2[nH]c(=S)sc2c1. The van der Waals surface area contributed by atoms with Crippen LogP contribution in [0.25, 0.3) is 10.2 Å². The van der Waals surface area contributed by atoms with E-state index in [1.807, 2.05) is 31.3 Å².